The van der Waals surface area contributed by atoms with Crippen molar-refractivity contribution in [1.29, 1.82) is 0 Å². The van der Waals surface area contributed by atoms with Crippen molar-refractivity contribution in [3.8, 4) is 0 Å². The van der Waals surface area contributed by atoms with Crippen LogP contribution in [0.2, 0.25) is 0 Å². The minimum atomic E-state index is -0.252. The highest BCUT2D eigenvalue weighted by Crippen LogP contribution is 2.19. The van der Waals surface area contributed by atoms with Crippen molar-refractivity contribution < 1.29 is 14.3 Å². The van der Waals surface area contributed by atoms with Crippen LogP contribution >= 0.6 is 0 Å². The van der Waals surface area contributed by atoms with Gasteiger partial charge in [-0.15, -0.1) is 0 Å². The van der Waals surface area contributed by atoms with Crippen molar-refractivity contribution in [2.45, 2.75) is 0 Å². The summed E-state index contributed by atoms with van der Waals surface area (Å²) in [6.45, 7) is 0. The fourth-order valence-corrected chi connectivity index (χ4v) is 1.30. The molecule has 0 aliphatic heterocycles. The number of H-pyrrole nitrogens is 1. The van der Waals surface area contributed by atoms with E-state index in [1.165, 1.54) is 13.2 Å². The molecule has 0 bridgehead atoms. The minimum Gasteiger partial charge on any atom is -0.492 e. The van der Waals surface area contributed by atoms with Gasteiger partial charge in [-0.25, -0.2) is 0 Å². The zero-order chi connectivity index (χ0) is 9.42. The standard InChI is InChI=1S/C9H7NO3/c1-13-7-4-6(11)8-5(9(7)12)2-3-10-8/h2-4,10H,1H3. The van der Waals surface area contributed by atoms with Gasteiger partial charge in [0.25, 0.3) is 0 Å². The number of aromatic nitrogens is 1. The van der Waals surface area contributed by atoms with Crippen LogP contribution in [0.1, 0.15) is 20.8 Å². The van der Waals surface area contributed by atoms with Crippen LogP contribution in [0.25, 0.3) is 0 Å². The predicted molar refractivity (Wildman–Crippen MR) is 44.5 cm³/mol. The minimum absolute atomic E-state index is 0.0945. The van der Waals surface area contributed by atoms with E-state index in [-0.39, 0.29) is 17.3 Å². The molecule has 0 spiro atoms. The molecule has 0 amide bonds. The van der Waals surface area contributed by atoms with Gasteiger partial charge in [-0.3, -0.25) is 9.59 Å². The number of carbonyl (C=O) groups is 2. The molecule has 1 N–H and O–H groups in total. The Morgan fingerprint density at radius 3 is 2.85 bits per heavy atom. The normalized spacial score (nSPS) is 15.3. The Kier molecular flexibility index (Phi) is 1.55. The molecule has 13 heavy (non-hydrogen) atoms. The molecule has 4 nitrogen and oxygen atoms in total. The molecule has 0 fully saturated rings. The van der Waals surface area contributed by atoms with Gasteiger partial charge in [-0.1, -0.05) is 0 Å². The van der Waals surface area contributed by atoms with E-state index >= 15 is 0 Å². The molecule has 0 atom stereocenters. The lowest BCUT2D eigenvalue weighted by Crippen LogP contribution is -2.16. The summed E-state index contributed by atoms with van der Waals surface area (Å²) >= 11 is 0. The molecule has 0 unspecified atom stereocenters. The Hall–Kier alpha value is -1.84. The topological polar surface area (TPSA) is 59.2 Å². The van der Waals surface area contributed by atoms with Crippen LogP contribution in [0.4, 0.5) is 0 Å². The summed E-state index contributed by atoms with van der Waals surface area (Å²) < 4.78 is 4.78. The van der Waals surface area contributed by atoms with Gasteiger partial charge in [0, 0.05) is 12.3 Å². The maximum atomic E-state index is 11.5. The molecule has 0 aromatic carbocycles. The third kappa shape index (κ3) is 0.989. The third-order valence-corrected chi connectivity index (χ3v) is 1.94. The highest BCUT2D eigenvalue weighted by atomic mass is 16.5. The summed E-state index contributed by atoms with van der Waals surface area (Å²) in [6.07, 6.45) is 2.76. The number of hydrogen-bond acceptors (Lipinski definition) is 3. The molecule has 4 heteroatoms. The summed E-state index contributed by atoms with van der Waals surface area (Å²) in [4.78, 5) is 25.5. The number of allylic oxidation sites excluding steroid dienone is 2. The Morgan fingerprint density at radius 1 is 1.38 bits per heavy atom. The van der Waals surface area contributed by atoms with Gasteiger partial charge in [-0.2, -0.15) is 0 Å². The highest BCUT2D eigenvalue weighted by molar-refractivity contribution is 6.23. The summed E-state index contributed by atoms with van der Waals surface area (Å²) in [5.41, 5.74) is 0.718. The van der Waals surface area contributed by atoms with Crippen molar-refractivity contribution in [3.63, 3.8) is 0 Å². The lowest BCUT2D eigenvalue weighted by Gasteiger charge is -2.09. The molecule has 0 saturated carbocycles. The Labute approximate surface area is 74.2 Å². The lowest BCUT2D eigenvalue weighted by atomic mass is 10.0. The van der Waals surface area contributed by atoms with Gasteiger partial charge in [0.2, 0.25) is 11.6 Å². The van der Waals surface area contributed by atoms with Gasteiger partial charge < -0.3 is 9.72 Å². The number of fused-ring (bicyclic) bond motifs is 1. The van der Waals surface area contributed by atoms with Gasteiger partial charge >= 0.3 is 0 Å². The molecular formula is C9H7NO3. The van der Waals surface area contributed by atoms with E-state index < -0.39 is 0 Å². The lowest BCUT2D eigenvalue weighted by molar-refractivity contribution is 0.0915. The fraction of sp³-hybridized carbons (Fsp3) is 0.111. The quantitative estimate of drug-likeness (QED) is 0.694. The van der Waals surface area contributed by atoms with E-state index in [1.807, 2.05) is 0 Å². The number of Topliss-reactive ketones (excluding diaryl/α,β-unsaturated/α-hetero) is 1. The number of hydrogen-bond donors (Lipinski definition) is 1. The third-order valence-electron chi connectivity index (χ3n) is 1.94. The van der Waals surface area contributed by atoms with Crippen LogP contribution in [0, 0.1) is 0 Å². The molecule has 1 aromatic rings. The van der Waals surface area contributed by atoms with E-state index in [4.69, 9.17) is 4.74 Å². The van der Waals surface area contributed by atoms with E-state index in [0.717, 1.165) is 0 Å². The molecule has 1 aliphatic carbocycles. The fourth-order valence-electron chi connectivity index (χ4n) is 1.30. The van der Waals surface area contributed by atoms with Gasteiger partial charge in [0.05, 0.1) is 18.4 Å². The highest BCUT2D eigenvalue weighted by Gasteiger charge is 2.26. The summed E-state index contributed by atoms with van der Waals surface area (Å²) in [5.74, 6) is -0.382. The number of nitrogens with one attached hydrogen (secondary N) is 1. The molecule has 0 saturated heterocycles. The summed E-state index contributed by atoms with van der Waals surface area (Å²) in [6, 6.07) is 1.57. The average molecular weight is 177 g/mol. The largest absolute Gasteiger partial charge is 0.492 e. The van der Waals surface area contributed by atoms with Crippen LogP contribution in [-0.2, 0) is 4.74 Å². The first-order valence-electron chi connectivity index (χ1n) is 3.76. The van der Waals surface area contributed by atoms with E-state index in [1.54, 1.807) is 12.3 Å². The molecule has 66 valence electrons. The predicted octanol–water partition coefficient (Wildman–Crippen LogP) is 0.924. The maximum Gasteiger partial charge on any atom is 0.229 e. The first-order chi connectivity index (χ1) is 6.24. The molecule has 2 rings (SSSR count). The SMILES string of the molecule is COC1=CC(=O)c2[nH]ccc2C1=O. The van der Waals surface area contributed by atoms with Crippen LogP contribution in [-0.4, -0.2) is 23.7 Å². The average Bonchev–Trinajstić information content (AvgIpc) is 2.60. The zero-order valence-electron chi connectivity index (χ0n) is 6.96. The van der Waals surface area contributed by atoms with Crippen molar-refractivity contribution in [3.05, 3.63) is 35.4 Å². The molecular weight excluding hydrogens is 170 g/mol. The van der Waals surface area contributed by atoms with Gasteiger partial charge in [0.1, 0.15) is 0 Å². The number of ether oxygens (including phenoxy) is 1. The van der Waals surface area contributed by atoms with Crippen molar-refractivity contribution in [1.82, 2.24) is 4.98 Å². The number of aromatic amines is 1. The summed E-state index contributed by atoms with van der Waals surface area (Å²) in [5, 5.41) is 0. The first-order valence-corrected chi connectivity index (χ1v) is 3.76. The Bertz CT molecular complexity index is 414. The van der Waals surface area contributed by atoms with Crippen molar-refractivity contribution in [2.75, 3.05) is 7.11 Å². The van der Waals surface area contributed by atoms with Crippen molar-refractivity contribution in [2.24, 2.45) is 0 Å². The molecule has 1 aromatic heterocycles. The van der Waals surface area contributed by atoms with E-state index in [0.29, 0.717) is 11.3 Å². The van der Waals surface area contributed by atoms with Crippen LogP contribution in [0.3, 0.4) is 0 Å². The second-order valence-electron chi connectivity index (χ2n) is 2.67. The Morgan fingerprint density at radius 2 is 2.15 bits per heavy atom. The first kappa shape index (κ1) is 7.79. The van der Waals surface area contributed by atoms with Crippen LogP contribution in [0.15, 0.2) is 24.1 Å². The second-order valence-corrected chi connectivity index (χ2v) is 2.67. The number of carbonyl (C=O) groups excluding carboxylic acids is 2. The second kappa shape index (κ2) is 2.58. The molecule has 1 heterocycles. The molecule has 1 aliphatic rings. The number of rotatable bonds is 1. The monoisotopic (exact) mass is 177 g/mol. The van der Waals surface area contributed by atoms with Gasteiger partial charge in [0.15, 0.2) is 5.76 Å². The Balaban J connectivity index is 2.58. The maximum absolute atomic E-state index is 11.5. The van der Waals surface area contributed by atoms with Crippen LogP contribution < -0.4 is 0 Å². The zero-order valence-corrected chi connectivity index (χ0v) is 6.96. The smallest absolute Gasteiger partial charge is 0.229 e. The van der Waals surface area contributed by atoms with E-state index in [9.17, 15) is 9.59 Å². The van der Waals surface area contributed by atoms with Gasteiger partial charge in [-0.05, 0) is 6.07 Å². The summed E-state index contributed by atoms with van der Waals surface area (Å²) in [7, 11) is 1.37. The molecule has 0 radical (unpaired) electrons. The van der Waals surface area contributed by atoms with Crippen molar-refractivity contribution >= 4 is 11.6 Å². The van der Waals surface area contributed by atoms with Crippen LogP contribution in [0.5, 0.6) is 0 Å². The number of methoxy groups -OCH3 is 1. The number of ketones is 2. The van der Waals surface area contributed by atoms with E-state index in [2.05, 4.69) is 4.98 Å².